The van der Waals surface area contributed by atoms with Crippen molar-refractivity contribution in [3.8, 4) is 0 Å². The van der Waals surface area contributed by atoms with Gasteiger partial charge in [0.2, 0.25) is 10.0 Å². The molecule has 0 bridgehead atoms. The summed E-state index contributed by atoms with van der Waals surface area (Å²) < 4.78 is 32.0. The number of morpholine rings is 1. The monoisotopic (exact) mass is 366 g/mol. The lowest BCUT2D eigenvalue weighted by atomic mass is 9.84. The Hall–Kier alpha value is -0.950. The third-order valence-electron chi connectivity index (χ3n) is 5.55. The first kappa shape index (κ1) is 18.8. The van der Waals surface area contributed by atoms with Gasteiger partial charge in [-0.25, -0.2) is 8.42 Å². The number of sulfonamides is 1. The Morgan fingerprint density at radius 3 is 2.32 bits per heavy atom. The van der Waals surface area contributed by atoms with Gasteiger partial charge in [0.25, 0.3) is 0 Å². The Labute approximate surface area is 151 Å². The third kappa shape index (κ3) is 4.82. The zero-order valence-electron chi connectivity index (χ0n) is 15.1. The first-order chi connectivity index (χ1) is 12.1. The number of hydrogen-bond acceptors (Lipinski definition) is 4. The van der Waals surface area contributed by atoms with Gasteiger partial charge in [0.05, 0.1) is 18.1 Å². The van der Waals surface area contributed by atoms with Gasteiger partial charge in [-0.2, -0.15) is 4.31 Å². The van der Waals surface area contributed by atoms with Gasteiger partial charge in [-0.1, -0.05) is 25.5 Å². The fourth-order valence-corrected chi connectivity index (χ4v) is 5.16. The highest BCUT2D eigenvalue weighted by Crippen LogP contribution is 2.26. The summed E-state index contributed by atoms with van der Waals surface area (Å²) in [5.41, 5.74) is 1.14. The molecule has 1 saturated carbocycles. The summed E-state index contributed by atoms with van der Waals surface area (Å²) in [5.74, 6) is 0.905. The lowest BCUT2D eigenvalue weighted by Crippen LogP contribution is -2.40. The SMILES string of the molecule is CCC1CCC(NCc2ccc(S(=O)(=O)N3CCOCC3)cc2)CC1. The van der Waals surface area contributed by atoms with Crippen LogP contribution in [-0.4, -0.2) is 45.1 Å². The van der Waals surface area contributed by atoms with E-state index in [2.05, 4.69) is 12.2 Å². The van der Waals surface area contributed by atoms with E-state index in [1.165, 1.54) is 36.4 Å². The topological polar surface area (TPSA) is 58.6 Å². The van der Waals surface area contributed by atoms with Crippen molar-refractivity contribution in [3.05, 3.63) is 29.8 Å². The maximum atomic E-state index is 12.6. The van der Waals surface area contributed by atoms with E-state index in [0.29, 0.717) is 37.2 Å². The van der Waals surface area contributed by atoms with Crippen molar-refractivity contribution in [1.29, 1.82) is 0 Å². The quantitative estimate of drug-likeness (QED) is 0.841. The number of nitrogens with zero attached hydrogens (tertiary/aromatic N) is 1. The highest BCUT2D eigenvalue weighted by Gasteiger charge is 2.26. The highest BCUT2D eigenvalue weighted by molar-refractivity contribution is 7.89. The molecule has 1 heterocycles. The molecule has 0 spiro atoms. The molecule has 1 aromatic carbocycles. The van der Waals surface area contributed by atoms with Crippen molar-refractivity contribution in [2.24, 2.45) is 5.92 Å². The third-order valence-corrected chi connectivity index (χ3v) is 7.46. The van der Waals surface area contributed by atoms with Crippen molar-refractivity contribution >= 4 is 10.0 Å². The molecule has 25 heavy (non-hydrogen) atoms. The average molecular weight is 367 g/mol. The molecular formula is C19H30N2O3S. The zero-order valence-corrected chi connectivity index (χ0v) is 15.9. The van der Waals surface area contributed by atoms with E-state index >= 15 is 0 Å². The van der Waals surface area contributed by atoms with Crippen LogP contribution >= 0.6 is 0 Å². The molecule has 1 aromatic rings. The summed E-state index contributed by atoms with van der Waals surface area (Å²) in [6.07, 6.45) is 6.45. The van der Waals surface area contributed by atoms with Crippen molar-refractivity contribution < 1.29 is 13.2 Å². The van der Waals surface area contributed by atoms with Crippen LogP contribution in [0.25, 0.3) is 0 Å². The van der Waals surface area contributed by atoms with Gasteiger partial charge >= 0.3 is 0 Å². The maximum Gasteiger partial charge on any atom is 0.243 e. The van der Waals surface area contributed by atoms with Gasteiger partial charge in [0.15, 0.2) is 0 Å². The number of hydrogen-bond donors (Lipinski definition) is 1. The van der Waals surface area contributed by atoms with Crippen molar-refractivity contribution in [3.63, 3.8) is 0 Å². The van der Waals surface area contributed by atoms with E-state index in [0.717, 1.165) is 18.0 Å². The highest BCUT2D eigenvalue weighted by atomic mass is 32.2. The minimum Gasteiger partial charge on any atom is -0.379 e. The Bertz CT molecular complexity index is 631. The Morgan fingerprint density at radius 2 is 1.72 bits per heavy atom. The number of benzene rings is 1. The van der Waals surface area contributed by atoms with Crippen LogP contribution in [0.4, 0.5) is 0 Å². The normalized spacial score (nSPS) is 25.8. The van der Waals surface area contributed by atoms with Crippen LogP contribution in [0.3, 0.4) is 0 Å². The zero-order chi connectivity index (χ0) is 17.7. The Balaban J connectivity index is 1.53. The van der Waals surface area contributed by atoms with Gasteiger partial charge in [0.1, 0.15) is 0 Å². The molecule has 6 heteroatoms. The molecule has 2 fully saturated rings. The average Bonchev–Trinajstić information content (AvgIpc) is 2.68. The molecule has 0 radical (unpaired) electrons. The standard InChI is InChI=1S/C19H30N2O3S/c1-2-16-3-7-18(8-4-16)20-15-17-5-9-19(10-6-17)25(22,23)21-11-13-24-14-12-21/h5-6,9-10,16,18,20H,2-4,7-8,11-15H2,1H3. The lowest BCUT2D eigenvalue weighted by Gasteiger charge is -2.28. The van der Waals surface area contributed by atoms with Crippen LogP contribution < -0.4 is 5.32 Å². The second-order valence-corrected chi connectivity index (χ2v) is 9.11. The fraction of sp³-hybridized carbons (Fsp3) is 0.684. The Kier molecular flexibility index (Phi) is 6.49. The van der Waals surface area contributed by atoms with Crippen LogP contribution in [0.1, 0.15) is 44.6 Å². The van der Waals surface area contributed by atoms with E-state index in [1.54, 1.807) is 12.1 Å². The van der Waals surface area contributed by atoms with Crippen molar-refractivity contribution in [1.82, 2.24) is 9.62 Å². The molecule has 0 amide bonds. The van der Waals surface area contributed by atoms with Crippen LogP contribution in [-0.2, 0) is 21.3 Å². The van der Waals surface area contributed by atoms with E-state index in [4.69, 9.17) is 4.74 Å². The predicted octanol–water partition coefficient (Wildman–Crippen LogP) is 2.77. The molecule has 1 aliphatic heterocycles. The molecule has 1 saturated heterocycles. The maximum absolute atomic E-state index is 12.6. The molecule has 0 aromatic heterocycles. The molecule has 1 N–H and O–H groups in total. The first-order valence-corrected chi connectivity index (χ1v) is 10.9. The predicted molar refractivity (Wildman–Crippen MR) is 98.9 cm³/mol. The van der Waals surface area contributed by atoms with Crippen LogP contribution in [0.15, 0.2) is 29.2 Å². The summed E-state index contributed by atoms with van der Waals surface area (Å²) >= 11 is 0. The molecule has 5 nitrogen and oxygen atoms in total. The van der Waals surface area contributed by atoms with Gasteiger partial charge in [-0.05, 0) is 49.3 Å². The molecule has 0 unspecified atom stereocenters. The minimum atomic E-state index is -3.39. The van der Waals surface area contributed by atoms with Gasteiger partial charge in [0, 0.05) is 25.7 Å². The van der Waals surface area contributed by atoms with Gasteiger partial charge in [-0.15, -0.1) is 0 Å². The van der Waals surface area contributed by atoms with Crippen molar-refractivity contribution in [2.75, 3.05) is 26.3 Å². The number of nitrogens with one attached hydrogen (secondary N) is 1. The molecule has 0 atom stereocenters. The van der Waals surface area contributed by atoms with Crippen molar-refractivity contribution in [2.45, 2.75) is 56.5 Å². The molecule has 2 aliphatic rings. The minimum absolute atomic E-state index is 0.376. The summed E-state index contributed by atoms with van der Waals surface area (Å²) in [7, 11) is -3.39. The lowest BCUT2D eigenvalue weighted by molar-refractivity contribution is 0.0730. The molecule has 3 rings (SSSR count). The molecular weight excluding hydrogens is 336 g/mol. The second kappa shape index (κ2) is 8.62. The molecule has 1 aliphatic carbocycles. The number of ether oxygens (including phenoxy) is 1. The van der Waals surface area contributed by atoms with E-state index in [9.17, 15) is 8.42 Å². The summed E-state index contributed by atoms with van der Waals surface area (Å²) in [5, 5.41) is 3.63. The Morgan fingerprint density at radius 1 is 1.08 bits per heavy atom. The fourth-order valence-electron chi connectivity index (χ4n) is 3.75. The summed E-state index contributed by atoms with van der Waals surface area (Å²) in [6, 6.07) is 7.92. The van der Waals surface area contributed by atoms with E-state index < -0.39 is 10.0 Å². The van der Waals surface area contributed by atoms with Crippen LogP contribution in [0, 0.1) is 5.92 Å². The second-order valence-electron chi connectivity index (χ2n) is 7.17. The van der Waals surface area contributed by atoms with Gasteiger partial charge in [-0.3, -0.25) is 0 Å². The van der Waals surface area contributed by atoms with Crippen LogP contribution in [0.2, 0.25) is 0 Å². The first-order valence-electron chi connectivity index (χ1n) is 9.50. The van der Waals surface area contributed by atoms with Crippen LogP contribution in [0.5, 0.6) is 0 Å². The molecule has 140 valence electrons. The largest absolute Gasteiger partial charge is 0.379 e. The summed E-state index contributed by atoms with van der Waals surface area (Å²) in [4.78, 5) is 0.376. The van der Waals surface area contributed by atoms with E-state index in [-0.39, 0.29) is 0 Å². The smallest absolute Gasteiger partial charge is 0.243 e. The van der Waals surface area contributed by atoms with Gasteiger partial charge < -0.3 is 10.1 Å². The number of rotatable bonds is 6. The van der Waals surface area contributed by atoms with E-state index in [1.807, 2.05) is 12.1 Å². The summed E-state index contributed by atoms with van der Waals surface area (Å²) in [6.45, 7) is 4.91.